The highest BCUT2D eigenvalue weighted by Gasteiger charge is 2.32. The number of allylic oxidation sites excluding steroid dienone is 1. The van der Waals surface area contributed by atoms with Gasteiger partial charge in [-0.1, -0.05) is 31.5 Å². The van der Waals surface area contributed by atoms with Crippen molar-refractivity contribution < 1.29 is 4.42 Å². The number of hydrogen-bond acceptors (Lipinski definition) is 4. The lowest BCUT2D eigenvalue weighted by molar-refractivity contribution is 0.305. The van der Waals surface area contributed by atoms with Gasteiger partial charge in [-0.05, 0) is 42.0 Å². The second kappa shape index (κ2) is 6.10. The first-order chi connectivity index (χ1) is 11.0. The number of nitrogens with one attached hydrogen (secondary N) is 1. The summed E-state index contributed by atoms with van der Waals surface area (Å²) in [5.74, 6) is 0.824. The van der Waals surface area contributed by atoms with Crippen molar-refractivity contribution in [3.8, 4) is 6.07 Å². The minimum Gasteiger partial charge on any atom is -0.444 e. The number of nitrogens with zero attached hydrogens (tertiary/aromatic N) is 2. The zero-order valence-electron chi connectivity index (χ0n) is 13.1. The lowest BCUT2D eigenvalue weighted by atomic mass is 9.74. The summed E-state index contributed by atoms with van der Waals surface area (Å²) in [6.45, 7) is 4.48. The molecule has 1 aliphatic rings. The normalized spacial score (nSPS) is 19.7. The average molecular weight is 328 g/mol. The minimum atomic E-state index is 0.101. The van der Waals surface area contributed by atoms with Crippen LogP contribution in [0.1, 0.15) is 38.0 Å². The van der Waals surface area contributed by atoms with Crippen LogP contribution in [0.3, 0.4) is 0 Å². The van der Waals surface area contributed by atoms with E-state index in [1.54, 1.807) is 18.3 Å². The number of hydrogen-bond donors (Lipinski definition) is 1. The molecule has 1 N–H and O–H groups in total. The molecule has 1 aromatic heterocycles. The Hall–Kier alpha value is -2.25. The molecule has 1 unspecified atom stereocenters. The predicted molar refractivity (Wildman–Crippen MR) is 91.1 cm³/mol. The molecule has 1 heterocycles. The van der Waals surface area contributed by atoms with E-state index in [2.05, 4.69) is 36.3 Å². The summed E-state index contributed by atoms with van der Waals surface area (Å²) in [6.07, 6.45) is 7.42. The molecule has 1 aliphatic carbocycles. The van der Waals surface area contributed by atoms with Gasteiger partial charge >= 0.3 is 0 Å². The summed E-state index contributed by atoms with van der Waals surface area (Å²) >= 11 is 6.13. The summed E-state index contributed by atoms with van der Waals surface area (Å²) in [6, 6.07) is 7.64. The van der Waals surface area contributed by atoms with Gasteiger partial charge in [0.1, 0.15) is 11.8 Å². The molecule has 0 aliphatic heterocycles. The Morgan fingerprint density at radius 1 is 1.43 bits per heavy atom. The quantitative estimate of drug-likeness (QED) is 0.872. The highest BCUT2D eigenvalue weighted by molar-refractivity contribution is 6.32. The van der Waals surface area contributed by atoms with Gasteiger partial charge in [0, 0.05) is 5.69 Å². The number of benzene rings is 1. The van der Waals surface area contributed by atoms with Crippen LogP contribution in [0.2, 0.25) is 5.02 Å². The topological polar surface area (TPSA) is 61.9 Å². The molecule has 1 atom stereocenters. The van der Waals surface area contributed by atoms with Crippen LogP contribution in [0.25, 0.3) is 5.57 Å². The molecule has 3 rings (SSSR count). The van der Waals surface area contributed by atoms with Crippen LogP contribution in [0, 0.1) is 16.7 Å². The number of nitriles is 1. The molecule has 5 heteroatoms. The number of aromatic nitrogens is 1. The van der Waals surface area contributed by atoms with E-state index in [1.165, 1.54) is 12.0 Å². The van der Waals surface area contributed by atoms with Crippen molar-refractivity contribution in [2.75, 3.05) is 5.32 Å². The molecular formula is C18H18ClN3O. The maximum Gasteiger partial charge on any atom is 0.181 e. The van der Waals surface area contributed by atoms with Gasteiger partial charge in [-0.25, -0.2) is 4.98 Å². The highest BCUT2D eigenvalue weighted by atomic mass is 35.5. The molecular weight excluding hydrogens is 310 g/mol. The smallest absolute Gasteiger partial charge is 0.181 e. The van der Waals surface area contributed by atoms with E-state index in [-0.39, 0.29) is 11.5 Å². The third-order valence-electron chi connectivity index (χ3n) is 4.41. The zero-order valence-corrected chi connectivity index (χ0v) is 13.9. The Balaban J connectivity index is 1.88. The number of oxazole rings is 1. The van der Waals surface area contributed by atoms with E-state index in [9.17, 15) is 0 Å². The van der Waals surface area contributed by atoms with Crippen LogP contribution in [-0.4, -0.2) is 11.0 Å². The molecule has 0 bridgehead atoms. The van der Waals surface area contributed by atoms with E-state index < -0.39 is 0 Å². The molecule has 0 amide bonds. The van der Waals surface area contributed by atoms with Gasteiger partial charge in [0.2, 0.25) is 0 Å². The average Bonchev–Trinajstić information content (AvgIpc) is 3.04. The van der Waals surface area contributed by atoms with Gasteiger partial charge in [0.25, 0.3) is 0 Å². The van der Waals surface area contributed by atoms with E-state index in [4.69, 9.17) is 21.3 Å². The van der Waals surface area contributed by atoms with Crippen LogP contribution in [-0.2, 0) is 0 Å². The van der Waals surface area contributed by atoms with E-state index in [0.29, 0.717) is 10.6 Å². The number of halogens is 1. The molecule has 0 saturated heterocycles. The first kappa shape index (κ1) is 15.6. The van der Waals surface area contributed by atoms with E-state index in [0.717, 1.165) is 24.3 Å². The minimum absolute atomic E-state index is 0.101. The van der Waals surface area contributed by atoms with Crippen molar-refractivity contribution in [3.63, 3.8) is 0 Å². The van der Waals surface area contributed by atoms with Crippen molar-refractivity contribution in [1.82, 2.24) is 4.98 Å². The summed E-state index contributed by atoms with van der Waals surface area (Å²) in [7, 11) is 0. The third kappa shape index (κ3) is 3.25. The van der Waals surface area contributed by atoms with Crippen molar-refractivity contribution in [3.05, 3.63) is 53.2 Å². The maximum atomic E-state index is 8.97. The monoisotopic (exact) mass is 327 g/mol. The standard InChI is InChI=1S/C18H18ClN3O/c1-18(2)6-5-12(16-10-21-11-23-16)7-17(18)22-14-4-3-13(9-20)15(19)8-14/h3-4,7-8,10-11,17,22H,5-6H2,1-2H3. The molecule has 0 fully saturated rings. The lowest BCUT2D eigenvalue weighted by Crippen LogP contribution is -2.37. The Kier molecular flexibility index (Phi) is 4.14. The second-order valence-electron chi connectivity index (χ2n) is 6.47. The van der Waals surface area contributed by atoms with Crippen LogP contribution < -0.4 is 5.32 Å². The zero-order chi connectivity index (χ0) is 16.4. The molecule has 2 aromatic rings. The van der Waals surface area contributed by atoms with Gasteiger partial charge in [0.15, 0.2) is 6.39 Å². The third-order valence-corrected chi connectivity index (χ3v) is 4.72. The molecule has 1 aromatic carbocycles. The first-order valence-electron chi connectivity index (χ1n) is 7.55. The molecule has 0 radical (unpaired) electrons. The van der Waals surface area contributed by atoms with E-state index >= 15 is 0 Å². The van der Waals surface area contributed by atoms with Crippen molar-refractivity contribution >= 4 is 22.9 Å². The summed E-state index contributed by atoms with van der Waals surface area (Å²) in [5.41, 5.74) is 2.66. The fraction of sp³-hybridized carbons (Fsp3) is 0.333. The number of anilines is 1. The summed E-state index contributed by atoms with van der Waals surface area (Å²) < 4.78 is 5.42. The van der Waals surface area contributed by atoms with Crippen LogP contribution in [0.4, 0.5) is 5.69 Å². The van der Waals surface area contributed by atoms with Crippen molar-refractivity contribution in [2.45, 2.75) is 32.7 Å². The van der Waals surface area contributed by atoms with Gasteiger partial charge in [-0.2, -0.15) is 5.26 Å². The Bertz CT molecular complexity index is 772. The highest BCUT2D eigenvalue weighted by Crippen LogP contribution is 2.39. The molecule has 23 heavy (non-hydrogen) atoms. The number of rotatable bonds is 3. The maximum absolute atomic E-state index is 8.97. The Morgan fingerprint density at radius 3 is 2.91 bits per heavy atom. The van der Waals surface area contributed by atoms with E-state index in [1.807, 2.05) is 6.07 Å². The van der Waals surface area contributed by atoms with Crippen molar-refractivity contribution in [1.29, 1.82) is 5.26 Å². The van der Waals surface area contributed by atoms with Gasteiger partial charge < -0.3 is 9.73 Å². The van der Waals surface area contributed by atoms with Crippen LogP contribution >= 0.6 is 11.6 Å². The fourth-order valence-electron chi connectivity index (χ4n) is 2.81. The largest absolute Gasteiger partial charge is 0.444 e. The van der Waals surface area contributed by atoms with Crippen molar-refractivity contribution in [2.24, 2.45) is 5.41 Å². The second-order valence-corrected chi connectivity index (χ2v) is 6.88. The van der Waals surface area contributed by atoms with Gasteiger partial charge in [-0.15, -0.1) is 0 Å². The predicted octanol–water partition coefficient (Wildman–Crippen LogP) is 4.88. The summed E-state index contributed by atoms with van der Waals surface area (Å²) in [4.78, 5) is 4.00. The van der Waals surface area contributed by atoms with Crippen LogP contribution in [0.15, 0.2) is 41.3 Å². The first-order valence-corrected chi connectivity index (χ1v) is 7.93. The van der Waals surface area contributed by atoms with Crippen LogP contribution in [0.5, 0.6) is 0 Å². The Labute approximate surface area is 140 Å². The van der Waals surface area contributed by atoms with Gasteiger partial charge in [0.05, 0.1) is 22.8 Å². The van der Waals surface area contributed by atoms with Gasteiger partial charge in [-0.3, -0.25) is 0 Å². The molecule has 118 valence electrons. The molecule has 0 saturated carbocycles. The Morgan fingerprint density at radius 2 is 2.26 bits per heavy atom. The SMILES string of the molecule is CC1(C)CCC(c2cnco2)=CC1Nc1ccc(C#N)c(Cl)c1. The lowest BCUT2D eigenvalue weighted by Gasteiger charge is -2.38. The molecule has 4 nitrogen and oxygen atoms in total. The molecule has 0 spiro atoms. The fourth-order valence-corrected chi connectivity index (χ4v) is 3.04. The summed E-state index contributed by atoms with van der Waals surface area (Å²) in [5, 5.41) is 13.0.